The Morgan fingerprint density at radius 3 is 1.09 bits per heavy atom. The topological polar surface area (TPSA) is 95.9 Å². The van der Waals surface area contributed by atoms with Gasteiger partial charge in [-0.25, -0.2) is 0 Å². The van der Waals surface area contributed by atoms with Gasteiger partial charge in [0.2, 0.25) is 5.91 Å². The molecule has 0 aromatic rings. The summed E-state index contributed by atoms with van der Waals surface area (Å²) in [6, 6.07) is -0.537. The lowest BCUT2D eigenvalue weighted by atomic mass is 10.0. The van der Waals surface area contributed by atoms with E-state index in [9.17, 15) is 19.8 Å². The van der Waals surface area contributed by atoms with Crippen LogP contribution >= 0.6 is 0 Å². The average molecular weight is 933 g/mol. The third kappa shape index (κ3) is 52.0. The number of hydrogen-bond acceptors (Lipinski definition) is 5. The second-order valence-corrected chi connectivity index (χ2v) is 20.7. The molecule has 0 aliphatic carbocycles. The van der Waals surface area contributed by atoms with Crippen LogP contribution in [0.25, 0.3) is 0 Å². The molecule has 2 unspecified atom stereocenters. The van der Waals surface area contributed by atoms with Crippen LogP contribution in [0.4, 0.5) is 0 Å². The highest BCUT2D eigenvalue weighted by Crippen LogP contribution is 2.18. The van der Waals surface area contributed by atoms with E-state index in [1.807, 2.05) is 0 Å². The molecule has 0 spiro atoms. The van der Waals surface area contributed by atoms with Gasteiger partial charge in [0.1, 0.15) is 0 Å². The molecule has 0 saturated carbocycles. The maximum atomic E-state index is 12.4. The molecule has 66 heavy (non-hydrogen) atoms. The van der Waals surface area contributed by atoms with Gasteiger partial charge in [0.15, 0.2) is 0 Å². The summed E-state index contributed by atoms with van der Waals surface area (Å²) in [6.07, 6.45) is 66.6. The van der Waals surface area contributed by atoms with Crippen molar-refractivity contribution in [3.63, 3.8) is 0 Å². The number of aliphatic hydroxyl groups excluding tert-OH is 2. The summed E-state index contributed by atoms with van der Waals surface area (Å²) < 4.78 is 5.47. The molecule has 0 aromatic carbocycles. The Balaban J connectivity index is 3.32. The molecule has 6 nitrogen and oxygen atoms in total. The van der Waals surface area contributed by atoms with Crippen LogP contribution < -0.4 is 5.32 Å². The van der Waals surface area contributed by atoms with E-state index in [4.69, 9.17) is 4.74 Å². The molecule has 0 radical (unpaired) electrons. The van der Waals surface area contributed by atoms with Gasteiger partial charge in [-0.1, -0.05) is 283 Å². The number of carbonyl (C=O) groups excluding carboxylic acids is 2. The van der Waals surface area contributed by atoms with E-state index in [-0.39, 0.29) is 18.5 Å². The standard InChI is InChI=1S/C60H117NO5/c1-3-5-7-9-11-13-15-30-34-38-42-46-50-54-60(65)66-55-51-47-43-39-35-32-29-27-25-23-21-19-17-16-18-20-22-24-26-28-31-33-37-41-45-49-53-59(64)61-57(56-62)58(63)52-48-44-40-36-14-12-10-8-6-4-2/h13,15,57-58,62-63H,3-12,14,16-56H2,1-2H3,(H,61,64)/b15-13-. The van der Waals surface area contributed by atoms with E-state index < -0.39 is 12.1 Å². The van der Waals surface area contributed by atoms with Crippen LogP contribution in [0.5, 0.6) is 0 Å². The van der Waals surface area contributed by atoms with E-state index in [1.54, 1.807) is 0 Å². The fraction of sp³-hybridized carbons (Fsp3) is 0.933. The quantitative estimate of drug-likeness (QED) is 0.0321. The Morgan fingerprint density at radius 1 is 0.409 bits per heavy atom. The summed E-state index contributed by atoms with van der Waals surface area (Å²) >= 11 is 0. The summed E-state index contributed by atoms with van der Waals surface area (Å²) in [5, 5.41) is 23.1. The molecule has 1 amide bonds. The SMILES string of the molecule is CCCCCC/C=C\CCCCCCCC(=O)OCCCCCCCCCCCCCCCCCCCCCCCCCCCCC(=O)NC(CO)C(O)CCCCCCCCCCCC. The van der Waals surface area contributed by atoms with Gasteiger partial charge < -0.3 is 20.3 Å². The van der Waals surface area contributed by atoms with Gasteiger partial charge in [0.25, 0.3) is 0 Å². The molecule has 0 bridgehead atoms. The minimum atomic E-state index is -0.660. The number of nitrogens with one attached hydrogen (secondary N) is 1. The number of ether oxygens (including phenoxy) is 1. The predicted molar refractivity (Wildman–Crippen MR) is 287 cm³/mol. The second kappa shape index (κ2) is 56.2. The predicted octanol–water partition coefficient (Wildman–Crippen LogP) is 18.5. The van der Waals surface area contributed by atoms with Crippen molar-refractivity contribution in [1.29, 1.82) is 0 Å². The first kappa shape index (κ1) is 64.6. The van der Waals surface area contributed by atoms with Crippen molar-refractivity contribution >= 4 is 11.9 Å². The first-order chi connectivity index (χ1) is 32.5. The number of hydrogen-bond donors (Lipinski definition) is 3. The largest absolute Gasteiger partial charge is 0.466 e. The lowest BCUT2D eigenvalue weighted by molar-refractivity contribution is -0.143. The van der Waals surface area contributed by atoms with E-state index in [2.05, 4.69) is 31.3 Å². The minimum absolute atomic E-state index is 0.00828. The minimum Gasteiger partial charge on any atom is -0.466 e. The zero-order chi connectivity index (χ0) is 47.9. The fourth-order valence-corrected chi connectivity index (χ4v) is 9.46. The fourth-order valence-electron chi connectivity index (χ4n) is 9.46. The number of amides is 1. The zero-order valence-electron chi connectivity index (χ0n) is 44.7. The molecular formula is C60H117NO5. The van der Waals surface area contributed by atoms with Crippen molar-refractivity contribution in [3.05, 3.63) is 12.2 Å². The second-order valence-electron chi connectivity index (χ2n) is 20.7. The molecule has 0 aromatic heterocycles. The Morgan fingerprint density at radius 2 is 0.712 bits per heavy atom. The highest BCUT2D eigenvalue weighted by atomic mass is 16.5. The third-order valence-electron chi connectivity index (χ3n) is 14.1. The van der Waals surface area contributed by atoms with Crippen LogP contribution in [0, 0.1) is 0 Å². The lowest BCUT2D eigenvalue weighted by Gasteiger charge is -2.22. The molecule has 392 valence electrons. The molecule has 3 N–H and O–H groups in total. The molecule has 2 atom stereocenters. The molecule has 6 heteroatoms. The van der Waals surface area contributed by atoms with Crippen LogP contribution in [0.15, 0.2) is 12.2 Å². The van der Waals surface area contributed by atoms with Crippen LogP contribution in [0.2, 0.25) is 0 Å². The Kier molecular flexibility index (Phi) is 55.0. The highest BCUT2D eigenvalue weighted by Gasteiger charge is 2.20. The smallest absolute Gasteiger partial charge is 0.305 e. The molecular weight excluding hydrogens is 815 g/mol. The maximum absolute atomic E-state index is 12.4. The normalized spacial score (nSPS) is 12.6. The van der Waals surface area contributed by atoms with Gasteiger partial charge in [0.05, 0.1) is 25.4 Å². The van der Waals surface area contributed by atoms with E-state index in [0.717, 1.165) is 44.9 Å². The number of esters is 1. The van der Waals surface area contributed by atoms with Crippen molar-refractivity contribution < 1.29 is 24.5 Å². The Bertz CT molecular complexity index is 986. The van der Waals surface area contributed by atoms with E-state index >= 15 is 0 Å². The van der Waals surface area contributed by atoms with Crippen LogP contribution in [0.1, 0.15) is 335 Å². The third-order valence-corrected chi connectivity index (χ3v) is 14.1. The van der Waals surface area contributed by atoms with Crippen LogP contribution in [-0.4, -0.2) is 47.4 Å². The highest BCUT2D eigenvalue weighted by molar-refractivity contribution is 5.76. The number of rotatable bonds is 56. The van der Waals surface area contributed by atoms with Gasteiger partial charge in [-0.05, 0) is 51.4 Å². The zero-order valence-corrected chi connectivity index (χ0v) is 44.7. The van der Waals surface area contributed by atoms with Gasteiger partial charge in [-0.2, -0.15) is 0 Å². The van der Waals surface area contributed by atoms with E-state index in [0.29, 0.717) is 25.9 Å². The van der Waals surface area contributed by atoms with Gasteiger partial charge >= 0.3 is 5.97 Å². The van der Waals surface area contributed by atoms with E-state index in [1.165, 1.54) is 257 Å². The first-order valence-electron chi connectivity index (χ1n) is 29.9. The van der Waals surface area contributed by atoms with Crippen molar-refractivity contribution in [2.75, 3.05) is 13.2 Å². The number of allylic oxidation sites excluding steroid dienone is 2. The van der Waals surface area contributed by atoms with Crippen molar-refractivity contribution in [1.82, 2.24) is 5.32 Å². The maximum Gasteiger partial charge on any atom is 0.305 e. The summed E-state index contributed by atoms with van der Waals surface area (Å²) in [6.45, 7) is 4.94. The Labute approximate surface area is 412 Å². The van der Waals surface area contributed by atoms with Crippen molar-refractivity contribution in [3.8, 4) is 0 Å². The van der Waals surface area contributed by atoms with Crippen LogP contribution in [0.3, 0.4) is 0 Å². The lowest BCUT2D eigenvalue weighted by Crippen LogP contribution is -2.45. The number of unbranched alkanes of at least 4 members (excludes halogenated alkanes) is 43. The molecule has 0 aliphatic rings. The summed E-state index contributed by atoms with van der Waals surface area (Å²) in [5.74, 6) is -0.0248. The van der Waals surface area contributed by atoms with Crippen molar-refractivity contribution in [2.24, 2.45) is 0 Å². The van der Waals surface area contributed by atoms with Gasteiger partial charge in [-0.3, -0.25) is 9.59 Å². The van der Waals surface area contributed by atoms with Crippen LogP contribution in [-0.2, 0) is 14.3 Å². The molecule has 0 aliphatic heterocycles. The molecule has 0 rings (SSSR count). The summed E-state index contributed by atoms with van der Waals surface area (Å²) in [7, 11) is 0. The van der Waals surface area contributed by atoms with Gasteiger partial charge in [0, 0.05) is 12.8 Å². The van der Waals surface area contributed by atoms with Crippen molar-refractivity contribution in [2.45, 2.75) is 347 Å². The Hall–Kier alpha value is -1.40. The summed E-state index contributed by atoms with van der Waals surface area (Å²) in [5.41, 5.74) is 0. The first-order valence-corrected chi connectivity index (χ1v) is 29.9. The molecule has 0 saturated heterocycles. The molecule has 0 heterocycles. The number of aliphatic hydroxyl groups is 2. The average Bonchev–Trinajstić information content (AvgIpc) is 3.32. The summed E-state index contributed by atoms with van der Waals surface area (Å²) in [4.78, 5) is 24.4. The van der Waals surface area contributed by atoms with Gasteiger partial charge in [-0.15, -0.1) is 0 Å². The monoisotopic (exact) mass is 932 g/mol. The number of carbonyl (C=O) groups is 2. The molecule has 0 fully saturated rings.